The molecule has 1 aromatic carbocycles. The number of hydrogen-bond donors (Lipinski definition) is 3. The summed E-state index contributed by atoms with van der Waals surface area (Å²) in [5, 5.41) is 4.50. The Balaban J connectivity index is 1.34. The molecule has 294 valence electrons. The Morgan fingerprint density at radius 1 is 1.06 bits per heavy atom. The van der Waals surface area contributed by atoms with E-state index in [9.17, 15) is 45.2 Å². The van der Waals surface area contributed by atoms with Gasteiger partial charge in [0, 0.05) is 12.3 Å². The van der Waals surface area contributed by atoms with Crippen molar-refractivity contribution in [3.8, 4) is 5.88 Å². The highest BCUT2D eigenvalue weighted by atomic mass is 32.2. The van der Waals surface area contributed by atoms with Gasteiger partial charge in [-0.15, -0.1) is 0 Å². The van der Waals surface area contributed by atoms with Crippen molar-refractivity contribution < 1.29 is 54.6 Å². The molecule has 19 heteroatoms. The van der Waals surface area contributed by atoms with Gasteiger partial charge in [0.2, 0.25) is 33.4 Å². The van der Waals surface area contributed by atoms with Crippen LogP contribution in [0, 0.1) is 11.7 Å². The molecule has 1 aromatic heterocycles. The van der Waals surface area contributed by atoms with Crippen molar-refractivity contribution in [2.75, 3.05) is 6.54 Å². The molecule has 5 atom stereocenters. The predicted molar refractivity (Wildman–Crippen MR) is 183 cm³/mol. The average molecular weight is 783 g/mol. The maximum Gasteiger partial charge on any atom is 0.438 e. The summed E-state index contributed by atoms with van der Waals surface area (Å²) < 4.78 is 96.0. The number of carbonyl (C=O) groups is 4. The van der Waals surface area contributed by atoms with Crippen LogP contribution in [-0.4, -0.2) is 88.2 Å². The van der Waals surface area contributed by atoms with Gasteiger partial charge in [-0.3, -0.25) is 19.1 Å². The standard InChI is InChI=1S/C35H42F4N6O8S/c1-33(2,3)53-32(49)41-24-12-8-6-4-5-7-10-19-17-34(19,31(48)44-54(50,51)21-14-15-21)43-28(46)25-16-20(18-45(25)30(24)47)52-29-27(35(37,38)39)40-23-13-9-11-22(36)26(23)42-29/h7,9-11,13,19-21,24-25H,4-6,8,12,14-18H2,1-3H3,(H,41,49)(H,43,46)(H,44,48)/b10-7-/t19-,20-,24+,25+,34-/m1/s1. The topological polar surface area (TPSA) is 186 Å². The molecular formula is C35H42F4N6O8S. The summed E-state index contributed by atoms with van der Waals surface area (Å²) in [4.78, 5) is 63.4. The van der Waals surface area contributed by atoms with Crippen LogP contribution in [0.25, 0.3) is 11.0 Å². The Hall–Kier alpha value is -4.55. The number of ether oxygens (including phenoxy) is 2. The first-order chi connectivity index (χ1) is 25.3. The Bertz CT molecular complexity index is 1970. The largest absolute Gasteiger partial charge is 0.471 e. The minimum absolute atomic E-state index is 0.0534. The monoisotopic (exact) mass is 782 g/mol. The first-order valence-corrected chi connectivity index (χ1v) is 19.4. The normalized spacial score (nSPS) is 27.4. The number of fused-ring (bicyclic) bond motifs is 3. The number of aromatic nitrogens is 2. The van der Waals surface area contributed by atoms with Crippen molar-refractivity contribution in [2.45, 2.75) is 119 Å². The molecule has 3 heterocycles. The van der Waals surface area contributed by atoms with Crippen molar-refractivity contribution in [3.05, 3.63) is 41.9 Å². The molecule has 6 rings (SSSR count). The summed E-state index contributed by atoms with van der Waals surface area (Å²) in [5.41, 5.74) is -5.04. The summed E-state index contributed by atoms with van der Waals surface area (Å²) in [7, 11) is -4.01. The Morgan fingerprint density at radius 2 is 1.80 bits per heavy atom. The van der Waals surface area contributed by atoms with Gasteiger partial charge < -0.3 is 25.0 Å². The van der Waals surface area contributed by atoms with Crippen molar-refractivity contribution in [1.29, 1.82) is 0 Å². The van der Waals surface area contributed by atoms with Gasteiger partial charge >= 0.3 is 12.3 Å². The number of carbonyl (C=O) groups excluding carboxylic acids is 4. The molecule has 2 saturated carbocycles. The highest BCUT2D eigenvalue weighted by molar-refractivity contribution is 7.91. The second-order valence-corrected chi connectivity index (χ2v) is 17.1. The molecule has 2 aliphatic heterocycles. The second kappa shape index (κ2) is 14.6. The number of nitrogens with zero attached hydrogens (tertiary/aromatic N) is 3. The van der Waals surface area contributed by atoms with E-state index in [-0.39, 0.29) is 18.4 Å². The van der Waals surface area contributed by atoms with Gasteiger partial charge in [-0.2, -0.15) is 13.2 Å². The number of para-hydroxylation sites is 1. The first-order valence-electron chi connectivity index (χ1n) is 17.8. The summed E-state index contributed by atoms with van der Waals surface area (Å²) in [6, 6.07) is 0.619. The van der Waals surface area contributed by atoms with E-state index in [1.165, 1.54) is 6.07 Å². The van der Waals surface area contributed by atoms with Crippen LogP contribution < -0.4 is 20.1 Å². The molecule has 3 fully saturated rings. The zero-order valence-electron chi connectivity index (χ0n) is 29.9. The number of nitrogens with one attached hydrogen (secondary N) is 3. The van der Waals surface area contributed by atoms with Gasteiger partial charge in [-0.25, -0.2) is 27.6 Å². The number of hydrogen-bond acceptors (Lipinski definition) is 10. The fourth-order valence-corrected chi connectivity index (χ4v) is 8.11. The summed E-state index contributed by atoms with van der Waals surface area (Å²) in [6.45, 7) is 4.41. The van der Waals surface area contributed by atoms with Crippen LogP contribution in [0.1, 0.15) is 84.3 Å². The molecular weight excluding hydrogens is 740 g/mol. The van der Waals surface area contributed by atoms with Crippen LogP contribution in [0.5, 0.6) is 5.88 Å². The molecule has 0 spiro atoms. The lowest BCUT2D eigenvalue weighted by molar-refractivity contribution is -0.143. The maximum absolute atomic E-state index is 14.6. The van der Waals surface area contributed by atoms with E-state index in [0.29, 0.717) is 38.5 Å². The summed E-state index contributed by atoms with van der Waals surface area (Å²) in [6.07, 6.45) is -0.871. The maximum atomic E-state index is 14.6. The van der Waals surface area contributed by atoms with Crippen LogP contribution in [0.3, 0.4) is 0 Å². The van der Waals surface area contributed by atoms with Crippen LogP contribution in [-0.2, 0) is 35.3 Å². The van der Waals surface area contributed by atoms with E-state index in [1.54, 1.807) is 26.8 Å². The molecule has 54 heavy (non-hydrogen) atoms. The fraction of sp³-hybridized carbons (Fsp3) is 0.600. The zero-order chi connectivity index (χ0) is 39.2. The third-order valence-electron chi connectivity index (χ3n) is 9.69. The zero-order valence-corrected chi connectivity index (χ0v) is 30.7. The quantitative estimate of drug-likeness (QED) is 0.286. The Labute approximate surface area is 308 Å². The number of amides is 4. The smallest absolute Gasteiger partial charge is 0.438 e. The van der Waals surface area contributed by atoms with Crippen LogP contribution in [0.4, 0.5) is 22.4 Å². The van der Waals surface area contributed by atoms with Crippen molar-refractivity contribution >= 4 is 44.9 Å². The van der Waals surface area contributed by atoms with Gasteiger partial charge in [-0.1, -0.05) is 31.1 Å². The third-order valence-corrected chi connectivity index (χ3v) is 11.5. The van der Waals surface area contributed by atoms with E-state index < -0.39 is 116 Å². The number of allylic oxidation sites excluding steroid dienone is 1. The average Bonchev–Trinajstić information content (AvgIpc) is 3.99. The lowest BCUT2D eigenvalue weighted by atomic mass is 10.0. The van der Waals surface area contributed by atoms with Crippen molar-refractivity contribution in [1.82, 2.24) is 30.2 Å². The van der Waals surface area contributed by atoms with Crippen molar-refractivity contribution in [3.63, 3.8) is 0 Å². The molecule has 0 unspecified atom stereocenters. The van der Waals surface area contributed by atoms with Crippen LogP contribution in [0.15, 0.2) is 30.4 Å². The van der Waals surface area contributed by atoms with E-state index in [2.05, 4.69) is 25.3 Å². The Kier molecular flexibility index (Phi) is 10.6. The van der Waals surface area contributed by atoms with Gasteiger partial charge in [0.25, 0.3) is 5.91 Å². The number of benzene rings is 1. The second-order valence-electron chi connectivity index (χ2n) is 15.2. The summed E-state index contributed by atoms with van der Waals surface area (Å²) in [5.74, 6) is -5.23. The third kappa shape index (κ3) is 8.70. The molecule has 0 radical (unpaired) electrons. The van der Waals surface area contributed by atoms with Crippen LogP contribution in [0.2, 0.25) is 0 Å². The molecule has 0 bridgehead atoms. The lowest BCUT2D eigenvalue weighted by Gasteiger charge is -2.30. The number of rotatable bonds is 6. The molecule has 1 saturated heterocycles. The fourth-order valence-electron chi connectivity index (χ4n) is 6.75. The molecule has 14 nitrogen and oxygen atoms in total. The SMILES string of the molecule is CC(C)(C)OC(=O)N[C@H]1CCCCC/C=C\[C@@H]2C[C@@]2(C(=O)NS(=O)(=O)C2CC2)NC(=O)[C@@H]2C[C@@H](Oc3nc4c(F)cccc4nc3C(F)(F)F)CN2C1=O. The van der Waals surface area contributed by atoms with Crippen molar-refractivity contribution in [2.24, 2.45) is 5.92 Å². The van der Waals surface area contributed by atoms with Crippen LogP contribution >= 0.6 is 0 Å². The van der Waals surface area contributed by atoms with E-state index >= 15 is 0 Å². The molecule has 4 aliphatic rings. The number of alkyl carbamates (subject to hydrolysis) is 1. The molecule has 3 N–H and O–H groups in total. The van der Waals surface area contributed by atoms with E-state index in [1.807, 2.05) is 6.08 Å². The van der Waals surface area contributed by atoms with Gasteiger partial charge in [-0.05, 0) is 71.4 Å². The highest BCUT2D eigenvalue weighted by Crippen LogP contribution is 2.46. The Morgan fingerprint density at radius 3 is 2.48 bits per heavy atom. The van der Waals surface area contributed by atoms with E-state index in [4.69, 9.17) is 9.47 Å². The minimum atomic E-state index is -5.09. The lowest BCUT2D eigenvalue weighted by Crippen LogP contribution is -2.58. The van der Waals surface area contributed by atoms with Gasteiger partial charge in [0.15, 0.2) is 5.82 Å². The number of alkyl halides is 3. The highest BCUT2D eigenvalue weighted by Gasteiger charge is 2.62. The molecule has 2 aromatic rings. The number of halogens is 4. The molecule has 4 amide bonds. The predicted octanol–water partition coefficient (Wildman–Crippen LogP) is 4.03. The van der Waals surface area contributed by atoms with E-state index in [0.717, 1.165) is 17.0 Å². The first kappa shape index (κ1) is 39.2. The minimum Gasteiger partial charge on any atom is -0.471 e. The van der Waals surface area contributed by atoms with Gasteiger partial charge in [0.1, 0.15) is 34.8 Å². The summed E-state index contributed by atoms with van der Waals surface area (Å²) >= 11 is 0. The number of sulfonamides is 1. The van der Waals surface area contributed by atoms with Gasteiger partial charge in [0.05, 0.1) is 17.3 Å². The molecule has 2 aliphatic carbocycles.